The van der Waals surface area contributed by atoms with Crippen LogP contribution in [0.1, 0.15) is 22.3 Å². The number of alkyl halides is 3. The van der Waals surface area contributed by atoms with Crippen LogP contribution in [0.4, 0.5) is 13.2 Å². The van der Waals surface area contributed by atoms with Gasteiger partial charge in [0.05, 0.1) is 13.0 Å². The maximum Gasteiger partial charge on any atom is 0.450 e. The molecule has 3 nitrogen and oxygen atoms in total. The largest absolute Gasteiger partial charge is 0.497 e. The number of fused-ring (bicyclic) bond motifs is 1. The van der Waals surface area contributed by atoms with E-state index in [-0.39, 0.29) is 18.4 Å². The number of benzene rings is 1. The molecule has 0 aromatic heterocycles. The summed E-state index contributed by atoms with van der Waals surface area (Å²) in [6, 6.07) is 4.52. The van der Waals surface area contributed by atoms with Crippen LogP contribution in [-0.2, 0) is 11.2 Å². The normalized spacial score (nSPS) is 18.9. The van der Waals surface area contributed by atoms with Crippen LogP contribution in [0.2, 0.25) is 0 Å². The number of rotatable bonds is 2. The van der Waals surface area contributed by atoms with Gasteiger partial charge in [-0.15, -0.1) is 0 Å². The van der Waals surface area contributed by atoms with Crippen LogP contribution in [-0.4, -0.2) is 24.9 Å². The summed E-state index contributed by atoms with van der Waals surface area (Å²) in [7, 11) is 1.46. The van der Waals surface area contributed by atoms with Gasteiger partial charge >= 0.3 is 6.18 Å². The molecule has 0 amide bonds. The van der Waals surface area contributed by atoms with Crippen molar-refractivity contribution in [3.05, 3.63) is 29.3 Å². The third-order valence-electron chi connectivity index (χ3n) is 3.19. The number of halogens is 3. The molecule has 0 bridgehead atoms. The molecule has 0 N–H and O–H groups in total. The zero-order chi connectivity index (χ0) is 14.2. The van der Waals surface area contributed by atoms with Crippen molar-refractivity contribution in [1.82, 2.24) is 0 Å². The Bertz CT molecular complexity index is 534. The number of carbonyl (C=O) groups is 2. The summed E-state index contributed by atoms with van der Waals surface area (Å²) >= 11 is 0. The Morgan fingerprint density at radius 2 is 2.05 bits per heavy atom. The van der Waals surface area contributed by atoms with Crippen molar-refractivity contribution in [3.63, 3.8) is 0 Å². The third-order valence-corrected chi connectivity index (χ3v) is 3.19. The summed E-state index contributed by atoms with van der Waals surface area (Å²) in [6.45, 7) is 0. The lowest BCUT2D eigenvalue weighted by atomic mass is 9.80. The molecular weight excluding hydrogens is 261 g/mol. The zero-order valence-electron chi connectivity index (χ0n) is 10.1. The molecule has 1 aliphatic carbocycles. The summed E-state index contributed by atoms with van der Waals surface area (Å²) in [5.74, 6) is -3.79. The first kappa shape index (κ1) is 13.6. The Labute approximate surface area is 107 Å². The topological polar surface area (TPSA) is 43.4 Å². The smallest absolute Gasteiger partial charge is 0.450 e. The molecule has 0 fully saturated rings. The highest BCUT2D eigenvalue weighted by molar-refractivity contribution is 6.13. The summed E-state index contributed by atoms with van der Waals surface area (Å²) < 4.78 is 42.1. The maximum atomic E-state index is 12.4. The summed E-state index contributed by atoms with van der Waals surface area (Å²) in [4.78, 5) is 23.1. The summed E-state index contributed by atoms with van der Waals surface area (Å²) in [6.07, 6.45) is -4.83. The highest BCUT2D eigenvalue weighted by atomic mass is 19.4. The molecular formula is C13H11F3O3. The predicted octanol–water partition coefficient (Wildman–Crippen LogP) is 2.57. The number of ether oxygens (including phenoxy) is 1. The van der Waals surface area contributed by atoms with E-state index in [4.69, 9.17) is 4.74 Å². The number of carbonyl (C=O) groups excluding carboxylic acids is 2. The highest BCUT2D eigenvalue weighted by Crippen LogP contribution is 2.32. The lowest BCUT2D eigenvalue weighted by Crippen LogP contribution is -2.38. The van der Waals surface area contributed by atoms with Gasteiger partial charge in [0.2, 0.25) is 5.78 Å². The van der Waals surface area contributed by atoms with E-state index in [1.165, 1.54) is 19.2 Å². The van der Waals surface area contributed by atoms with Gasteiger partial charge < -0.3 is 4.74 Å². The van der Waals surface area contributed by atoms with Crippen LogP contribution in [0.3, 0.4) is 0 Å². The molecule has 0 radical (unpaired) electrons. The summed E-state index contributed by atoms with van der Waals surface area (Å²) in [5.41, 5.74) is 0.797. The van der Waals surface area contributed by atoms with E-state index < -0.39 is 23.7 Å². The van der Waals surface area contributed by atoms with Gasteiger partial charge in [-0.2, -0.15) is 13.2 Å². The van der Waals surface area contributed by atoms with Crippen molar-refractivity contribution in [3.8, 4) is 5.75 Å². The Morgan fingerprint density at radius 1 is 1.37 bits per heavy atom. The Balaban J connectivity index is 2.33. The molecule has 0 aliphatic heterocycles. The van der Waals surface area contributed by atoms with Crippen molar-refractivity contribution >= 4 is 11.6 Å². The quantitative estimate of drug-likeness (QED) is 0.777. The van der Waals surface area contributed by atoms with Gasteiger partial charge in [0, 0.05) is 5.56 Å². The lowest BCUT2D eigenvalue weighted by molar-refractivity contribution is -0.174. The van der Waals surface area contributed by atoms with Crippen LogP contribution >= 0.6 is 0 Å². The van der Waals surface area contributed by atoms with Gasteiger partial charge in [-0.3, -0.25) is 9.59 Å². The molecule has 0 spiro atoms. The molecule has 6 heteroatoms. The van der Waals surface area contributed by atoms with Gasteiger partial charge in [0.25, 0.3) is 0 Å². The molecule has 2 rings (SSSR count). The number of ketones is 2. The Morgan fingerprint density at radius 3 is 2.63 bits per heavy atom. The second-order valence-corrected chi connectivity index (χ2v) is 4.34. The second kappa shape index (κ2) is 4.68. The zero-order valence-corrected chi connectivity index (χ0v) is 10.1. The fourth-order valence-corrected chi connectivity index (χ4v) is 2.21. The maximum absolute atomic E-state index is 12.4. The van der Waals surface area contributed by atoms with E-state index in [0.717, 1.165) is 0 Å². The molecule has 0 saturated carbocycles. The molecule has 1 aliphatic rings. The molecule has 19 heavy (non-hydrogen) atoms. The summed E-state index contributed by atoms with van der Waals surface area (Å²) in [5, 5.41) is 0. The number of hydrogen-bond donors (Lipinski definition) is 0. The van der Waals surface area contributed by atoms with Gasteiger partial charge in [0.1, 0.15) is 5.75 Å². The number of methoxy groups -OCH3 is 1. The highest BCUT2D eigenvalue weighted by Gasteiger charge is 2.47. The number of Topliss-reactive ketones (excluding diaryl/α,β-unsaturated/α-hetero) is 2. The van der Waals surface area contributed by atoms with Crippen molar-refractivity contribution in [2.45, 2.75) is 19.0 Å². The fraction of sp³-hybridized carbons (Fsp3) is 0.385. The van der Waals surface area contributed by atoms with Gasteiger partial charge in [-0.05, 0) is 36.6 Å². The van der Waals surface area contributed by atoms with E-state index in [9.17, 15) is 22.8 Å². The Hall–Kier alpha value is -1.85. The van der Waals surface area contributed by atoms with Gasteiger partial charge in [0.15, 0.2) is 5.78 Å². The van der Waals surface area contributed by atoms with Crippen LogP contribution in [0.25, 0.3) is 0 Å². The van der Waals surface area contributed by atoms with E-state index >= 15 is 0 Å². The first-order valence-corrected chi connectivity index (χ1v) is 5.66. The molecule has 1 aromatic rings. The number of hydrogen-bond acceptors (Lipinski definition) is 3. The Kier molecular flexibility index (Phi) is 3.34. The minimum atomic E-state index is -4.97. The predicted molar refractivity (Wildman–Crippen MR) is 60.2 cm³/mol. The third kappa shape index (κ3) is 2.47. The van der Waals surface area contributed by atoms with Gasteiger partial charge in [-0.25, -0.2) is 0 Å². The minimum Gasteiger partial charge on any atom is -0.497 e. The van der Waals surface area contributed by atoms with E-state index in [1.54, 1.807) is 6.07 Å². The van der Waals surface area contributed by atoms with Gasteiger partial charge in [-0.1, -0.05) is 0 Å². The average Bonchev–Trinajstić information content (AvgIpc) is 2.37. The van der Waals surface area contributed by atoms with Crippen LogP contribution in [0.15, 0.2) is 18.2 Å². The molecule has 0 heterocycles. The molecule has 0 saturated heterocycles. The number of aryl methyl sites for hydroxylation is 1. The minimum absolute atomic E-state index is 0.114. The van der Waals surface area contributed by atoms with Crippen LogP contribution < -0.4 is 4.74 Å². The van der Waals surface area contributed by atoms with Crippen LogP contribution in [0.5, 0.6) is 5.75 Å². The SMILES string of the molecule is COc1ccc2c(c1)CC[C@H](C(=O)C(F)(F)F)C2=O. The van der Waals surface area contributed by atoms with Crippen molar-refractivity contribution in [2.24, 2.45) is 5.92 Å². The van der Waals surface area contributed by atoms with Crippen molar-refractivity contribution in [1.29, 1.82) is 0 Å². The van der Waals surface area contributed by atoms with E-state index in [0.29, 0.717) is 11.3 Å². The standard InChI is InChI=1S/C13H11F3O3/c1-19-8-3-5-9-7(6-8)2-4-10(11(9)17)12(18)13(14,15)16/h3,5-6,10H,2,4H2,1H3/t10-/m0/s1. The lowest BCUT2D eigenvalue weighted by Gasteiger charge is -2.23. The fourth-order valence-electron chi connectivity index (χ4n) is 2.21. The van der Waals surface area contributed by atoms with Crippen molar-refractivity contribution in [2.75, 3.05) is 7.11 Å². The van der Waals surface area contributed by atoms with E-state index in [1.807, 2.05) is 0 Å². The molecule has 102 valence electrons. The monoisotopic (exact) mass is 272 g/mol. The first-order chi connectivity index (χ1) is 8.84. The van der Waals surface area contributed by atoms with E-state index in [2.05, 4.69) is 0 Å². The van der Waals surface area contributed by atoms with Crippen LogP contribution in [0, 0.1) is 5.92 Å². The average molecular weight is 272 g/mol. The molecule has 0 unspecified atom stereocenters. The molecule has 1 aromatic carbocycles. The van der Waals surface area contributed by atoms with Crippen molar-refractivity contribution < 1.29 is 27.5 Å². The first-order valence-electron chi connectivity index (χ1n) is 5.66. The second-order valence-electron chi connectivity index (χ2n) is 4.34. The molecule has 1 atom stereocenters.